The van der Waals surface area contributed by atoms with Gasteiger partial charge in [0, 0.05) is 38.5 Å². The van der Waals surface area contributed by atoms with Crippen LogP contribution in [0.25, 0.3) is 11.3 Å². The number of amides is 1. The van der Waals surface area contributed by atoms with Crippen LogP contribution in [0, 0.1) is 0 Å². The summed E-state index contributed by atoms with van der Waals surface area (Å²) in [5, 5.41) is 11.0. The van der Waals surface area contributed by atoms with Crippen LogP contribution in [0.3, 0.4) is 0 Å². The first kappa shape index (κ1) is 33.5. The van der Waals surface area contributed by atoms with E-state index < -0.39 is 12.1 Å². The van der Waals surface area contributed by atoms with E-state index in [2.05, 4.69) is 23.3 Å². The van der Waals surface area contributed by atoms with Gasteiger partial charge in [-0.05, 0) is 42.3 Å². The van der Waals surface area contributed by atoms with Crippen LogP contribution in [0.2, 0.25) is 5.02 Å². The summed E-state index contributed by atoms with van der Waals surface area (Å²) >= 11 is 6.12. The third-order valence-electron chi connectivity index (χ3n) is 5.55. The molecule has 1 heterocycles. The SMILES string of the molecule is CCCNCc1ccc(-c2ccc(CN(CCOC)C(=O)COc3ccccc3Cl)cc2)nc1.O=C(O)C(F)(F)F. The third-order valence-corrected chi connectivity index (χ3v) is 5.86. The maximum atomic E-state index is 12.8. The van der Waals surface area contributed by atoms with E-state index in [1.165, 1.54) is 5.56 Å². The fourth-order valence-electron chi connectivity index (χ4n) is 3.40. The van der Waals surface area contributed by atoms with Crippen molar-refractivity contribution in [3.8, 4) is 17.0 Å². The number of methoxy groups -OCH3 is 1. The molecule has 3 rings (SSSR count). The van der Waals surface area contributed by atoms with Crippen LogP contribution in [-0.4, -0.2) is 66.5 Å². The van der Waals surface area contributed by atoms with Crippen LogP contribution in [0.1, 0.15) is 24.5 Å². The second-order valence-corrected chi connectivity index (χ2v) is 9.16. The molecule has 0 aliphatic heterocycles. The minimum atomic E-state index is -5.08. The molecular weight excluding hydrogens is 563 g/mol. The van der Waals surface area contributed by atoms with E-state index in [1.54, 1.807) is 24.1 Å². The van der Waals surface area contributed by atoms with Gasteiger partial charge in [-0.1, -0.05) is 61.0 Å². The second-order valence-electron chi connectivity index (χ2n) is 8.76. The maximum Gasteiger partial charge on any atom is 0.490 e. The number of carbonyl (C=O) groups is 2. The molecule has 1 aromatic heterocycles. The number of hydrogen-bond acceptors (Lipinski definition) is 6. The first-order chi connectivity index (χ1) is 19.5. The molecular formula is C29H33ClF3N3O5. The Kier molecular flexibility index (Phi) is 14.1. The lowest BCUT2D eigenvalue weighted by atomic mass is 10.1. The number of nitrogens with one attached hydrogen (secondary N) is 1. The van der Waals surface area contributed by atoms with Crippen LogP contribution in [0.15, 0.2) is 66.9 Å². The van der Waals surface area contributed by atoms with Gasteiger partial charge in [0.2, 0.25) is 0 Å². The van der Waals surface area contributed by atoms with E-state index in [-0.39, 0.29) is 12.5 Å². The molecule has 2 aromatic carbocycles. The first-order valence-electron chi connectivity index (χ1n) is 12.7. The lowest BCUT2D eigenvalue weighted by Crippen LogP contribution is -2.36. The van der Waals surface area contributed by atoms with Crippen LogP contribution < -0.4 is 10.1 Å². The largest absolute Gasteiger partial charge is 0.490 e. The highest BCUT2D eigenvalue weighted by molar-refractivity contribution is 6.32. The lowest BCUT2D eigenvalue weighted by Gasteiger charge is -2.23. The summed E-state index contributed by atoms with van der Waals surface area (Å²) < 4.78 is 42.6. The van der Waals surface area contributed by atoms with Crippen molar-refractivity contribution in [2.75, 3.05) is 33.4 Å². The van der Waals surface area contributed by atoms with Gasteiger partial charge in [-0.2, -0.15) is 13.2 Å². The average molecular weight is 596 g/mol. The Morgan fingerprint density at radius 3 is 2.27 bits per heavy atom. The number of aliphatic carboxylic acids is 1. The highest BCUT2D eigenvalue weighted by Crippen LogP contribution is 2.23. The van der Waals surface area contributed by atoms with Crippen molar-refractivity contribution in [2.24, 2.45) is 0 Å². The first-order valence-corrected chi connectivity index (χ1v) is 13.1. The van der Waals surface area contributed by atoms with Gasteiger partial charge in [0.15, 0.2) is 6.61 Å². The van der Waals surface area contributed by atoms with Gasteiger partial charge >= 0.3 is 12.1 Å². The predicted molar refractivity (Wildman–Crippen MR) is 150 cm³/mol. The number of alkyl halides is 3. The third kappa shape index (κ3) is 12.2. The molecule has 222 valence electrons. The minimum Gasteiger partial charge on any atom is -0.482 e. The Morgan fingerprint density at radius 1 is 1.05 bits per heavy atom. The Hall–Kier alpha value is -3.67. The topological polar surface area (TPSA) is 101 Å². The molecule has 41 heavy (non-hydrogen) atoms. The van der Waals surface area contributed by atoms with Crippen LogP contribution in [-0.2, 0) is 27.4 Å². The van der Waals surface area contributed by atoms with Gasteiger partial charge in [-0.25, -0.2) is 4.79 Å². The number of carbonyl (C=O) groups excluding carboxylic acids is 1. The monoisotopic (exact) mass is 595 g/mol. The van der Waals surface area contributed by atoms with Gasteiger partial charge < -0.3 is 24.8 Å². The van der Waals surface area contributed by atoms with Crippen molar-refractivity contribution in [2.45, 2.75) is 32.6 Å². The van der Waals surface area contributed by atoms with Crippen molar-refractivity contribution in [3.05, 3.63) is 83.0 Å². The molecule has 0 unspecified atom stereocenters. The van der Waals surface area contributed by atoms with E-state index in [9.17, 15) is 18.0 Å². The Labute approximate surface area is 242 Å². The van der Waals surface area contributed by atoms with Crippen LogP contribution in [0.5, 0.6) is 5.75 Å². The van der Waals surface area contributed by atoms with Gasteiger partial charge in [0.25, 0.3) is 5.91 Å². The molecule has 3 aromatic rings. The number of ether oxygens (including phenoxy) is 2. The Balaban J connectivity index is 0.000000745. The standard InChI is InChI=1S/C27H32ClN3O3.C2HF3O2/c1-3-14-29-17-22-10-13-25(30-18-22)23-11-8-21(9-12-23)19-31(15-16-33-2)27(32)20-34-26-7-5-4-6-24(26)28;3-2(4,5)1(6)7/h4-13,18,29H,3,14-17,19-20H2,1-2H3;(H,6,7). The van der Waals surface area contributed by atoms with Crippen molar-refractivity contribution < 1.29 is 37.3 Å². The van der Waals surface area contributed by atoms with Crippen molar-refractivity contribution in [1.29, 1.82) is 0 Å². The zero-order chi connectivity index (χ0) is 30.3. The van der Waals surface area contributed by atoms with Crippen molar-refractivity contribution in [3.63, 3.8) is 0 Å². The molecule has 0 spiro atoms. The number of rotatable bonds is 13. The van der Waals surface area contributed by atoms with E-state index in [4.69, 9.17) is 31.0 Å². The predicted octanol–water partition coefficient (Wildman–Crippen LogP) is 5.59. The number of hydrogen-bond donors (Lipinski definition) is 2. The fourth-order valence-corrected chi connectivity index (χ4v) is 3.59. The lowest BCUT2D eigenvalue weighted by molar-refractivity contribution is -0.192. The number of aromatic nitrogens is 1. The highest BCUT2D eigenvalue weighted by Gasteiger charge is 2.38. The molecule has 0 fully saturated rings. The Bertz CT molecular complexity index is 1230. The number of carboxylic acid groups (broad SMARTS) is 1. The molecule has 0 bridgehead atoms. The van der Waals surface area contributed by atoms with Crippen LogP contribution >= 0.6 is 11.6 Å². The molecule has 12 heteroatoms. The highest BCUT2D eigenvalue weighted by atomic mass is 35.5. The summed E-state index contributed by atoms with van der Waals surface area (Å²) in [4.78, 5) is 28.1. The smallest absolute Gasteiger partial charge is 0.482 e. The summed E-state index contributed by atoms with van der Waals surface area (Å²) in [5.74, 6) is -2.39. The van der Waals surface area contributed by atoms with E-state index in [1.807, 2.05) is 48.7 Å². The zero-order valence-corrected chi connectivity index (χ0v) is 23.5. The van der Waals surface area contributed by atoms with Gasteiger partial charge in [-0.3, -0.25) is 9.78 Å². The molecule has 0 atom stereocenters. The molecule has 0 saturated carbocycles. The van der Waals surface area contributed by atoms with Gasteiger partial charge in [-0.15, -0.1) is 0 Å². The minimum absolute atomic E-state index is 0.0884. The van der Waals surface area contributed by atoms with Crippen molar-refractivity contribution in [1.82, 2.24) is 15.2 Å². The number of nitrogens with zero attached hydrogens (tertiary/aromatic N) is 2. The Morgan fingerprint density at radius 2 is 1.71 bits per heavy atom. The average Bonchev–Trinajstić information content (AvgIpc) is 2.95. The fraction of sp³-hybridized carbons (Fsp3) is 0.345. The van der Waals surface area contributed by atoms with E-state index >= 15 is 0 Å². The van der Waals surface area contributed by atoms with Gasteiger partial charge in [0.1, 0.15) is 5.75 Å². The number of pyridine rings is 1. The second kappa shape index (κ2) is 17.2. The molecule has 1 amide bonds. The molecule has 0 radical (unpaired) electrons. The summed E-state index contributed by atoms with van der Waals surface area (Å²) in [6.07, 6.45) is -2.06. The number of para-hydroxylation sites is 1. The molecule has 0 aliphatic rings. The van der Waals surface area contributed by atoms with E-state index in [0.717, 1.165) is 36.3 Å². The number of benzene rings is 2. The normalized spacial score (nSPS) is 10.9. The summed E-state index contributed by atoms with van der Waals surface area (Å²) in [7, 11) is 1.62. The van der Waals surface area contributed by atoms with Crippen molar-refractivity contribution >= 4 is 23.5 Å². The summed E-state index contributed by atoms with van der Waals surface area (Å²) in [6.45, 7) is 5.26. The number of halogens is 4. The van der Waals surface area contributed by atoms with E-state index in [0.29, 0.717) is 30.5 Å². The number of carboxylic acids is 1. The maximum absolute atomic E-state index is 12.8. The molecule has 0 aliphatic carbocycles. The zero-order valence-electron chi connectivity index (χ0n) is 22.8. The molecule has 2 N–H and O–H groups in total. The summed E-state index contributed by atoms with van der Waals surface area (Å²) in [5.41, 5.74) is 4.14. The molecule has 8 nitrogen and oxygen atoms in total. The van der Waals surface area contributed by atoms with Gasteiger partial charge in [0.05, 0.1) is 17.3 Å². The summed E-state index contributed by atoms with van der Waals surface area (Å²) in [6, 6.07) is 19.4. The molecule has 0 saturated heterocycles. The van der Waals surface area contributed by atoms with Crippen LogP contribution in [0.4, 0.5) is 13.2 Å². The quantitative estimate of drug-likeness (QED) is 0.249.